The van der Waals surface area contributed by atoms with Crippen LogP contribution in [0.3, 0.4) is 0 Å². The van der Waals surface area contributed by atoms with Gasteiger partial charge in [0.05, 0.1) is 33.5 Å². The van der Waals surface area contributed by atoms with Gasteiger partial charge in [0.25, 0.3) is 0 Å². The molecule has 0 radical (unpaired) electrons. The summed E-state index contributed by atoms with van der Waals surface area (Å²) >= 11 is 27.4. The van der Waals surface area contributed by atoms with E-state index in [0.29, 0.717) is 23.5 Å². The molecule has 0 spiro atoms. The molecule has 0 bridgehead atoms. The van der Waals surface area contributed by atoms with Gasteiger partial charge in [-0.25, -0.2) is 0 Å². The van der Waals surface area contributed by atoms with Gasteiger partial charge in [0.1, 0.15) is 0 Å². The number of hydrogen-bond donors (Lipinski definition) is 4. The van der Waals surface area contributed by atoms with Gasteiger partial charge in [-0.05, 0) is 19.3 Å². The molecule has 0 aromatic heterocycles. The Morgan fingerprint density at radius 1 is 0.706 bits per heavy atom. The Labute approximate surface area is 137 Å². The van der Waals surface area contributed by atoms with Crippen molar-refractivity contribution in [3.8, 4) is 0 Å². The molecule has 0 saturated heterocycles. The molecule has 0 aliphatic carbocycles. The van der Waals surface area contributed by atoms with E-state index < -0.39 is 0 Å². The standard InChI is InChI=1S/C9H18N2S6/c12-4-10(5-13)8(16)2-1-3-9(17)11(6-14)7-15/h12-15H,1-7H2. The smallest absolute Gasteiger partial charge is 0.0792 e. The van der Waals surface area contributed by atoms with Crippen molar-refractivity contribution < 1.29 is 0 Å². The van der Waals surface area contributed by atoms with Crippen LogP contribution in [0.1, 0.15) is 19.3 Å². The van der Waals surface area contributed by atoms with Gasteiger partial charge in [-0.15, -0.1) is 0 Å². The molecule has 0 atom stereocenters. The maximum absolute atomic E-state index is 5.29. The van der Waals surface area contributed by atoms with Gasteiger partial charge in [0, 0.05) is 0 Å². The van der Waals surface area contributed by atoms with Crippen LogP contribution in [0.25, 0.3) is 0 Å². The van der Waals surface area contributed by atoms with E-state index in [2.05, 4.69) is 50.5 Å². The van der Waals surface area contributed by atoms with Crippen molar-refractivity contribution in [1.29, 1.82) is 0 Å². The molecule has 2 nitrogen and oxygen atoms in total. The van der Waals surface area contributed by atoms with E-state index in [9.17, 15) is 0 Å². The highest BCUT2D eigenvalue weighted by molar-refractivity contribution is 7.82. The summed E-state index contributed by atoms with van der Waals surface area (Å²) < 4.78 is 0. The minimum atomic E-state index is 0.603. The lowest BCUT2D eigenvalue weighted by Gasteiger charge is -2.22. The van der Waals surface area contributed by atoms with Crippen LogP contribution < -0.4 is 0 Å². The van der Waals surface area contributed by atoms with E-state index in [1.165, 1.54) is 0 Å². The van der Waals surface area contributed by atoms with Crippen LogP contribution in [0.15, 0.2) is 0 Å². The molecule has 0 aliphatic rings. The summed E-state index contributed by atoms with van der Waals surface area (Å²) in [4.78, 5) is 5.67. The van der Waals surface area contributed by atoms with E-state index in [1.807, 2.05) is 9.80 Å². The SMILES string of the molecule is S=C(CCCC(=S)N(CS)CS)N(CS)CS. The second kappa shape index (κ2) is 11.0. The maximum Gasteiger partial charge on any atom is 0.0792 e. The lowest BCUT2D eigenvalue weighted by molar-refractivity contribution is 0.560. The third kappa shape index (κ3) is 7.37. The Hall–Kier alpha value is 1.18. The average Bonchev–Trinajstić information content (AvgIpc) is 2.32. The molecule has 8 heteroatoms. The minimum Gasteiger partial charge on any atom is -0.348 e. The van der Waals surface area contributed by atoms with Crippen LogP contribution in [-0.2, 0) is 0 Å². The van der Waals surface area contributed by atoms with Gasteiger partial charge >= 0.3 is 0 Å². The van der Waals surface area contributed by atoms with E-state index in [0.717, 1.165) is 29.2 Å². The van der Waals surface area contributed by atoms with Crippen LogP contribution in [0.4, 0.5) is 0 Å². The molecule has 0 heterocycles. The second-order valence-electron chi connectivity index (χ2n) is 3.29. The first kappa shape index (κ1) is 18.2. The summed E-state index contributed by atoms with van der Waals surface area (Å²) in [7, 11) is 0. The summed E-state index contributed by atoms with van der Waals surface area (Å²) in [5.41, 5.74) is 0. The van der Waals surface area contributed by atoms with Gasteiger partial charge < -0.3 is 9.80 Å². The van der Waals surface area contributed by atoms with Crippen molar-refractivity contribution in [3.63, 3.8) is 0 Å². The summed E-state index contributed by atoms with van der Waals surface area (Å²) in [5.74, 6) is 2.41. The summed E-state index contributed by atoms with van der Waals surface area (Å²) in [6, 6.07) is 0. The lowest BCUT2D eigenvalue weighted by Crippen LogP contribution is -2.29. The number of thiol groups is 4. The summed E-state index contributed by atoms with van der Waals surface area (Å²) in [6.45, 7) is 0. The van der Waals surface area contributed by atoms with Gasteiger partial charge in [-0.2, -0.15) is 50.5 Å². The van der Waals surface area contributed by atoms with E-state index in [1.54, 1.807) is 0 Å². The zero-order valence-electron chi connectivity index (χ0n) is 9.45. The largest absolute Gasteiger partial charge is 0.348 e. The second-order valence-corrected chi connectivity index (χ2v) is 5.36. The van der Waals surface area contributed by atoms with Crippen LogP contribution in [-0.4, -0.2) is 43.3 Å². The third-order valence-corrected chi connectivity index (χ3v) is 4.46. The Morgan fingerprint density at radius 2 is 1.00 bits per heavy atom. The topological polar surface area (TPSA) is 6.48 Å². The fourth-order valence-electron chi connectivity index (χ4n) is 1.11. The normalized spacial score (nSPS) is 10.1. The molecule has 0 N–H and O–H groups in total. The van der Waals surface area contributed by atoms with Crippen molar-refractivity contribution in [1.82, 2.24) is 9.80 Å². The summed E-state index contributed by atoms with van der Waals surface area (Å²) in [6.07, 6.45) is 2.61. The van der Waals surface area contributed by atoms with Crippen molar-refractivity contribution >= 4 is 84.9 Å². The Balaban J connectivity index is 3.90. The van der Waals surface area contributed by atoms with Crippen LogP contribution in [0.5, 0.6) is 0 Å². The zero-order chi connectivity index (χ0) is 13.3. The Bertz CT molecular complexity index is 216. The number of nitrogens with zero attached hydrogens (tertiary/aromatic N) is 2. The minimum absolute atomic E-state index is 0.603. The zero-order valence-corrected chi connectivity index (χ0v) is 14.7. The molecule has 0 aromatic carbocycles. The summed E-state index contributed by atoms with van der Waals surface area (Å²) in [5, 5.41) is 0. The fraction of sp³-hybridized carbons (Fsp3) is 0.778. The molecule has 17 heavy (non-hydrogen) atoms. The van der Waals surface area contributed by atoms with Crippen molar-refractivity contribution in [2.45, 2.75) is 19.3 Å². The molecular formula is C9H18N2S6. The van der Waals surface area contributed by atoms with Crippen molar-refractivity contribution in [2.24, 2.45) is 0 Å². The number of thiocarbonyl (C=S) groups is 2. The molecule has 0 saturated carbocycles. The molecule has 0 rings (SSSR count). The van der Waals surface area contributed by atoms with Gasteiger partial charge in [-0.1, -0.05) is 24.4 Å². The molecule has 100 valence electrons. The van der Waals surface area contributed by atoms with E-state index >= 15 is 0 Å². The first-order valence-electron chi connectivity index (χ1n) is 5.09. The van der Waals surface area contributed by atoms with Gasteiger partial charge in [0.15, 0.2) is 0 Å². The predicted octanol–water partition coefficient (Wildman–Crippen LogP) is 2.96. The first-order valence-corrected chi connectivity index (χ1v) is 8.44. The Morgan fingerprint density at radius 3 is 1.24 bits per heavy atom. The highest BCUT2D eigenvalue weighted by Gasteiger charge is 2.08. The molecular weight excluding hydrogens is 329 g/mol. The monoisotopic (exact) mass is 346 g/mol. The third-order valence-electron chi connectivity index (χ3n) is 2.17. The molecule has 0 aliphatic heterocycles. The quantitative estimate of drug-likeness (QED) is 0.305. The average molecular weight is 347 g/mol. The first-order chi connectivity index (χ1) is 8.10. The van der Waals surface area contributed by atoms with Gasteiger partial charge in [0.2, 0.25) is 0 Å². The Kier molecular flexibility index (Phi) is 11.8. The molecule has 0 aromatic rings. The van der Waals surface area contributed by atoms with Gasteiger partial charge in [-0.3, -0.25) is 0 Å². The number of rotatable bonds is 8. The highest BCUT2D eigenvalue weighted by Crippen LogP contribution is 2.09. The number of hydrogen-bond acceptors (Lipinski definition) is 6. The highest BCUT2D eigenvalue weighted by atomic mass is 32.1. The molecule has 0 fully saturated rings. The van der Waals surface area contributed by atoms with Crippen molar-refractivity contribution in [2.75, 3.05) is 23.5 Å². The fourth-order valence-corrected chi connectivity index (χ4v) is 3.44. The van der Waals surface area contributed by atoms with Crippen LogP contribution >= 0.6 is 75.0 Å². The van der Waals surface area contributed by atoms with Crippen LogP contribution in [0, 0.1) is 0 Å². The van der Waals surface area contributed by atoms with E-state index in [-0.39, 0.29) is 0 Å². The molecule has 0 amide bonds. The van der Waals surface area contributed by atoms with Crippen LogP contribution in [0.2, 0.25) is 0 Å². The lowest BCUT2D eigenvalue weighted by atomic mass is 10.2. The van der Waals surface area contributed by atoms with E-state index in [4.69, 9.17) is 24.4 Å². The predicted molar refractivity (Wildman–Crippen MR) is 98.1 cm³/mol. The maximum atomic E-state index is 5.29. The van der Waals surface area contributed by atoms with Crippen molar-refractivity contribution in [3.05, 3.63) is 0 Å². The molecule has 0 unspecified atom stereocenters.